The number of benzene rings is 2. The molecule has 4 N–H and O–H groups in total. The van der Waals surface area contributed by atoms with E-state index in [1.165, 1.54) is 11.3 Å². The van der Waals surface area contributed by atoms with Gasteiger partial charge >= 0.3 is 0 Å². The minimum absolute atomic E-state index is 0.130. The van der Waals surface area contributed by atoms with Gasteiger partial charge in [0.2, 0.25) is 0 Å². The van der Waals surface area contributed by atoms with Gasteiger partial charge in [-0.2, -0.15) is 0 Å². The Kier molecular flexibility index (Phi) is 6.03. The highest BCUT2D eigenvalue weighted by Crippen LogP contribution is 2.34. The molecule has 2 aromatic carbocycles. The summed E-state index contributed by atoms with van der Waals surface area (Å²) in [7, 11) is 0. The van der Waals surface area contributed by atoms with Gasteiger partial charge in [-0.1, -0.05) is 38.9 Å². The van der Waals surface area contributed by atoms with E-state index in [1.807, 2.05) is 19.1 Å². The number of carbonyl (C=O) groups excluding carboxylic acids is 1. The molecule has 6 nitrogen and oxygen atoms in total. The van der Waals surface area contributed by atoms with E-state index >= 15 is 0 Å². The maximum absolute atomic E-state index is 12.2. The van der Waals surface area contributed by atoms with E-state index < -0.39 is 0 Å². The van der Waals surface area contributed by atoms with Crippen LogP contribution in [-0.4, -0.2) is 17.5 Å². The van der Waals surface area contributed by atoms with E-state index in [4.69, 9.17) is 22.2 Å². The number of nitrogens with one attached hydrogen (secondary N) is 2. The first-order valence-corrected chi connectivity index (χ1v) is 10.1. The number of anilines is 2. The zero-order chi connectivity index (χ0) is 18.8. The van der Waals surface area contributed by atoms with Crippen molar-refractivity contribution >= 4 is 81.7 Å². The van der Waals surface area contributed by atoms with E-state index in [0.717, 1.165) is 19.2 Å². The van der Waals surface area contributed by atoms with Gasteiger partial charge in [0.25, 0.3) is 5.91 Å². The van der Waals surface area contributed by atoms with Crippen LogP contribution in [0.1, 0.15) is 5.56 Å². The Morgan fingerprint density at radius 3 is 2.81 bits per heavy atom. The molecule has 0 aliphatic carbocycles. The van der Waals surface area contributed by atoms with Crippen LogP contribution in [0.4, 0.5) is 10.8 Å². The number of nitrogen functional groups attached to an aromatic ring is 1. The lowest BCUT2D eigenvalue weighted by Crippen LogP contribution is -2.20. The van der Waals surface area contributed by atoms with E-state index in [1.54, 1.807) is 12.1 Å². The first-order chi connectivity index (χ1) is 12.4. The van der Waals surface area contributed by atoms with Crippen LogP contribution in [-0.2, 0) is 4.79 Å². The quantitative estimate of drug-likeness (QED) is 0.322. The molecular weight excluding hydrogens is 508 g/mol. The van der Waals surface area contributed by atoms with Crippen LogP contribution in [0.15, 0.2) is 33.2 Å². The molecule has 0 aliphatic heterocycles. The number of halogens is 3. The molecule has 3 aromatic rings. The summed E-state index contributed by atoms with van der Waals surface area (Å²) in [6.07, 6.45) is 0. The second-order valence-electron chi connectivity index (χ2n) is 5.34. The molecule has 0 saturated heterocycles. The van der Waals surface area contributed by atoms with E-state index in [9.17, 15) is 4.79 Å². The van der Waals surface area contributed by atoms with Gasteiger partial charge < -0.3 is 10.1 Å². The van der Waals surface area contributed by atoms with Crippen LogP contribution in [0.2, 0.25) is 5.02 Å². The third-order valence-corrected chi connectivity index (χ3v) is 5.67. The molecule has 26 heavy (non-hydrogen) atoms. The Morgan fingerprint density at radius 2 is 2.12 bits per heavy atom. The number of aryl methyl sites for hydroxylation is 1. The molecule has 0 fully saturated rings. The molecule has 0 radical (unpaired) electrons. The predicted molar refractivity (Wildman–Crippen MR) is 113 cm³/mol. The third kappa shape index (κ3) is 4.29. The molecule has 0 aliphatic rings. The number of ether oxygens (including phenoxy) is 1. The molecule has 0 bridgehead atoms. The number of aromatic nitrogens is 1. The highest BCUT2D eigenvalue weighted by Gasteiger charge is 2.13. The predicted octanol–water partition coefficient (Wildman–Crippen LogP) is 5.09. The van der Waals surface area contributed by atoms with Crippen molar-refractivity contribution in [3.05, 3.63) is 43.8 Å². The molecular formula is C16H13Br2ClN4O2S. The monoisotopic (exact) mass is 518 g/mol. The first kappa shape index (κ1) is 19.4. The number of fused-ring (bicyclic) bond motifs is 1. The minimum atomic E-state index is -0.295. The number of hydrazine groups is 1. The summed E-state index contributed by atoms with van der Waals surface area (Å²) < 4.78 is 8.16. The lowest BCUT2D eigenvalue weighted by atomic mass is 10.2. The van der Waals surface area contributed by atoms with Gasteiger partial charge in [-0.25, -0.2) is 10.8 Å². The molecule has 0 saturated carbocycles. The average molecular weight is 521 g/mol. The Morgan fingerprint density at radius 1 is 1.35 bits per heavy atom. The standard InChI is InChI=1S/C16H13Br2ClN4O2S/c1-7-2-8(17)3-10(18)15(7)25-6-13(24)21-9-4-11(19)14-12(5-9)26-16(22-14)23-20/h2-5H,6,20H2,1H3,(H,21,24)(H,22,23). The van der Waals surface area contributed by atoms with Gasteiger partial charge in [0.15, 0.2) is 11.7 Å². The molecule has 1 heterocycles. The van der Waals surface area contributed by atoms with Crippen molar-refractivity contribution in [2.75, 3.05) is 17.3 Å². The van der Waals surface area contributed by atoms with Crippen LogP contribution in [0.3, 0.4) is 0 Å². The van der Waals surface area contributed by atoms with Crippen molar-refractivity contribution in [3.8, 4) is 5.75 Å². The van der Waals surface area contributed by atoms with Crippen molar-refractivity contribution in [3.63, 3.8) is 0 Å². The lowest BCUT2D eigenvalue weighted by Gasteiger charge is -2.12. The second-order valence-corrected chi connectivity index (χ2v) is 8.55. The maximum Gasteiger partial charge on any atom is 0.262 e. The van der Waals surface area contributed by atoms with Gasteiger partial charge in [0.05, 0.1) is 14.2 Å². The van der Waals surface area contributed by atoms with E-state index in [-0.39, 0.29) is 12.5 Å². The Labute approximate surface area is 175 Å². The van der Waals surface area contributed by atoms with Crippen molar-refractivity contribution in [2.45, 2.75) is 6.92 Å². The van der Waals surface area contributed by atoms with Crippen LogP contribution >= 0.6 is 54.8 Å². The normalized spacial score (nSPS) is 10.8. The average Bonchev–Trinajstić information content (AvgIpc) is 2.97. The number of hydrogen-bond donors (Lipinski definition) is 3. The smallest absolute Gasteiger partial charge is 0.262 e. The second kappa shape index (κ2) is 8.10. The van der Waals surface area contributed by atoms with Gasteiger partial charge in [-0.05, 0) is 52.7 Å². The van der Waals surface area contributed by atoms with Crippen molar-refractivity contribution in [1.29, 1.82) is 0 Å². The van der Waals surface area contributed by atoms with Crippen LogP contribution in [0.25, 0.3) is 10.2 Å². The number of rotatable bonds is 5. The van der Waals surface area contributed by atoms with Crippen LogP contribution in [0, 0.1) is 6.92 Å². The SMILES string of the molecule is Cc1cc(Br)cc(Br)c1OCC(=O)Nc1cc(Cl)c2nc(NN)sc2c1. The van der Waals surface area contributed by atoms with Crippen molar-refractivity contribution in [1.82, 2.24) is 4.98 Å². The molecule has 0 atom stereocenters. The fourth-order valence-electron chi connectivity index (χ4n) is 2.33. The molecule has 0 spiro atoms. The van der Waals surface area contributed by atoms with Gasteiger partial charge in [0, 0.05) is 10.2 Å². The zero-order valence-electron chi connectivity index (χ0n) is 13.4. The van der Waals surface area contributed by atoms with Gasteiger partial charge in [0.1, 0.15) is 11.3 Å². The Balaban J connectivity index is 1.71. The summed E-state index contributed by atoms with van der Waals surface area (Å²) in [6.45, 7) is 1.78. The number of carbonyl (C=O) groups is 1. The number of thiazole rings is 1. The lowest BCUT2D eigenvalue weighted by molar-refractivity contribution is -0.118. The van der Waals surface area contributed by atoms with Gasteiger partial charge in [-0.15, -0.1) is 0 Å². The topological polar surface area (TPSA) is 89.3 Å². The summed E-state index contributed by atoms with van der Waals surface area (Å²) in [5.41, 5.74) is 4.60. The molecule has 0 unspecified atom stereocenters. The number of nitrogens with zero attached hydrogens (tertiary/aromatic N) is 1. The Hall–Kier alpha value is -1.39. The summed E-state index contributed by atoms with van der Waals surface area (Å²) in [6, 6.07) is 7.21. The molecule has 3 rings (SSSR count). The number of amides is 1. The molecule has 1 amide bonds. The van der Waals surface area contributed by atoms with E-state index in [0.29, 0.717) is 27.1 Å². The van der Waals surface area contributed by atoms with Crippen LogP contribution in [0.5, 0.6) is 5.75 Å². The maximum atomic E-state index is 12.2. The highest BCUT2D eigenvalue weighted by molar-refractivity contribution is 9.11. The first-order valence-electron chi connectivity index (χ1n) is 7.32. The number of hydrogen-bond acceptors (Lipinski definition) is 6. The highest BCUT2D eigenvalue weighted by atomic mass is 79.9. The summed E-state index contributed by atoms with van der Waals surface area (Å²) >= 11 is 14.4. The third-order valence-electron chi connectivity index (χ3n) is 3.40. The fraction of sp³-hybridized carbons (Fsp3) is 0.125. The van der Waals surface area contributed by atoms with Gasteiger partial charge in [-0.3, -0.25) is 10.2 Å². The Bertz CT molecular complexity index is 973. The molecule has 1 aromatic heterocycles. The minimum Gasteiger partial charge on any atom is -0.482 e. The summed E-state index contributed by atoms with van der Waals surface area (Å²) in [5, 5.41) is 3.76. The fourth-order valence-corrected chi connectivity index (χ4v) is 5.04. The molecule has 10 heteroatoms. The number of nitrogens with two attached hydrogens (primary N) is 1. The molecule has 136 valence electrons. The van der Waals surface area contributed by atoms with Crippen molar-refractivity contribution < 1.29 is 9.53 Å². The largest absolute Gasteiger partial charge is 0.482 e. The van der Waals surface area contributed by atoms with Crippen molar-refractivity contribution in [2.24, 2.45) is 5.84 Å². The summed E-state index contributed by atoms with van der Waals surface area (Å²) in [4.78, 5) is 16.5. The zero-order valence-corrected chi connectivity index (χ0v) is 18.1. The van der Waals surface area contributed by atoms with E-state index in [2.05, 4.69) is 47.6 Å². The van der Waals surface area contributed by atoms with Crippen LogP contribution < -0.4 is 21.3 Å². The summed E-state index contributed by atoms with van der Waals surface area (Å²) in [5.74, 6) is 5.70.